The molecule has 106 valence electrons. The fourth-order valence-corrected chi connectivity index (χ4v) is 3.28. The molecular formula is C18H22O2. The van der Waals surface area contributed by atoms with Gasteiger partial charge in [-0.3, -0.25) is 4.79 Å². The third-order valence-electron chi connectivity index (χ3n) is 4.46. The standard InChI is InChI=1S/C18H22O2/c1-13-7-6-10-15-12-17(20-18(13)15)16(19)11-14-8-4-2-3-5-9-14/h6-7,10,12,14H,2-5,8-9,11H2,1H3. The van der Waals surface area contributed by atoms with E-state index in [0.29, 0.717) is 18.1 Å². The van der Waals surface area contributed by atoms with Crippen molar-refractivity contribution in [3.8, 4) is 0 Å². The number of rotatable bonds is 3. The number of furan rings is 1. The summed E-state index contributed by atoms with van der Waals surface area (Å²) in [4.78, 5) is 12.4. The molecule has 1 aliphatic carbocycles. The third-order valence-corrected chi connectivity index (χ3v) is 4.46. The predicted octanol–water partition coefficient (Wildman–Crippen LogP) is 5.28. The van der Waals surface area contributed by atoms with Gasteiger partial charge in [-0.25, -0.2) is 0 Å². The molecule has 0 aliphatic heterocycles. The van der Waals surface area contributed by atoms with Gasteiger partial charge in [-0.05, 0) is 24.5 Å². The molecule has 2 heteroatoms. The predicted molar refractivity (Wildman–Crippen MR) is 81.1 cm³/mol. The normalized spacial score (nSPS) is 17.2. The summed E-state index contributed by atoms with van der Waals surface area (Å²) in [6.45, 7) is 2.02. The van der Waals surface area contributed by atoms with Crippen molar-refractivity contribution in [3.05, 3.63) is 35.6 Å². The van der Waals surface area contributed by atoms with Crippen LogP contribution in [0.5, 0.6) is 0 Å². The van der Waals surface area contributed by atoms with Crippen LogP contribution in [0.2, 0.25) is 0 Å². The van der Waals surface area contributed by atoms with Crippen LogP contribution in [0.1, 0.15) is 61.1 Å². The Hall–Kier alpha value is -1.57. The minimum atomic E-state index is 0.174. The lowest BCUT2D eigenvalue weighted by molar-refractivity contribution is 0.0932. The van der Waals surface area contributed by atoms with Crippen molar-refractivity contribution in [1.29, 1.82) is 0 Å². The average molecular weight is 270 g/mol. The molecule has 0 N–H and O–H groups in total. The minimum absolute atomic E-state index is 0.174. The highest BCUT2D eigenvalue weighted by Gasteiger charge is 2.20. The highest BCUT2D eigenvalue weighted by molar-refractivity contribution is 5.98. The van der Waals surface area contributed by atoms with Crippen LogP contribution >= 0.6 is 0 Å². The molecule has 2 aromatic rings. The third kappa shape index (κ3) is 2.79. The fraction of sp³-hybridized carbons (Fsp3) is 0.500. The first kappa shape index (κ1) is 13.4. The first-order valence-corrected chi connectivity index (χ1v) is 7.76. The molecule has 1 aromatic heterocycles. The number of carbonyl (C=O) groups excluding carboxylic acids is 1. The van der Waals surface area contributed by atoms with Gasteiger partial charge in [-0.1, -0.05) is 56.7 Å². The number of para-hydroxylation sites is 1. The Bertz CT molecular complexity index is 601. The van der Waals surface area contributed by atoms with Crippen LogP contribution in [0, 0.1) is 12.8 Å². The zero-order chi connectivity index (χ0) is 13.9. The monoisotopic (exact) mass is 270 g/mol. The van der Waals surface area contributed by atoms with Gasteiger partial charge in [0.25, 0.3) is 0 Å². The molecule has 20 heavy (non-hydrogen) atoms. The van der Waals surface area contributed by atoms with Crippen molar-refractivity contribution in [1.82, 2.24) is 0 Å². The van der Waals surface area contributed by atoms with Gasteiger partial charge in [0.05, 0.1) is 0 Å². The summed E-state index contributed by atoms with van der Waals surface area (Å²) < 4.78 is 5.78. The zero-order valence-electron chi connectivity index (χ0n) is 12.2. The maximum absolute atomic E-state index is 12.4. The summed E-state index contributed by atoms with van der Waals surface area (Å²) in [6.07, 6.45) is 8.26. The van der Waals surface area contributed by atoms with E-state index in [-0.39, 0.29) is 5.78 Å². The second-order valence-electron chi connectivity index (χ2n) is 6.09. The molecule has 1 fully saturated rings. The van der Waals surface area contributed by atoms with Crippen molar-refractivity contribution in [2.75, 3.05) is 0 Å². The summed E-state index contributed by atoms with van der Waals surface area (Å²) in [5.74, 6) is 1.27. The van der Waals surface area contributed by atoms with Crippen LogP contribution in [-0.4, -0.2) is 5.78 Å². The highest BCUT2D eigenvalue weighted by atomic mass is 16.3. The molecule has 2 nitrogen and oxygen atoms in total. The van der Waals surface area contributed by atoms with E-state index < -0.39 is 0 Å². The van der Waals surface area contributed by atoms with E-state index in [1.807, 2.05) is 31.2 Å². The number of hydrogen-bond acceptors (Lipinski definition) is 2. The first-order chi connectivity index (χ1) is 9.74. The quantitative estimate of drug-likeness (QED) is 0.560. The second-order valence-corrected chi connectivity index (χ2v) is 6.09. The Morgan fingerprint density at radius 2 is 1.95 bits per heavy atom. The average Bonchev–Trinajstić information content (AvgIpc) is 2.72. The van der Waals surface area contributed by atoms with E-state index in [9.17, 15) is 4.79 Å². The van der Waals surface area contributed by atoms with Gasteiger partial charge in [0, 0.05) is 11.8 Å². The van der Waals surface area contributed by atoms with E-state index in [2.05, 4.69) is 0 Å². The fourth-order valence-electron chi connectivity index (χ4n) is 3.28. The molecule has 1 aromatic carbocycles. The van der Waals surface area contributed by atoms with Gasteiger partial charge >= 0.3 is 0 Å². The van der Waals surface area contributed by atoms with E-state index in [0.717, 1.165) is 16.5 Å². The smallest absolute Gasteiger partial charge is 0.198 e. The molecule has 1 saturated carbocycles. The summed E-state index contributed by atoms with van der Waals surface area (Å²) in [7, 11) is 0. The number of hydrogen-bond donors (Lipinski definition) is 0. The first-order valence-electron chi connectivity index (χ1n) is 7.76. The van der Waals surface area contributed by atoms with Crippen LogP contribution < -0.4 is 0 Å². The van der Waals surface area contributed by atoms with Crippen molar-refractivity contribution in [2.45, 2.75) is 51.9 Å². The van der Waals surface area contributed by atoms with Gasteiger partial charge in [0.1, 0.15) is 5.58 Å². The number of ketones is 1. The molecule has 0 spiro atoms. The second kappa shape index (κ2) is 5.82. The van der Waals surface area contributed by atoms with E-state index in [4.69, 9.17) is 4.42 Å². The number of Topliss-reactive ketones (excluding diaryl/α,β-unsaturated/α-hetero) is 1. The molecule has 0 unspecified atom stereocenters. The van der Waals surface area contributed by atoms with Crippen LogP contribution in [0.15, 0.2) is 28.7 Å². The largest absolute Gasteiger partial charge is 0.453 e. The van der Waals surface area contributed by atoms with Gasteiger partial charge in [0.15, 0.2) is 11.5 Å². The van der Waals surface area contributed by atoms with Gasteiger partial charge in [-0.2, -0.15) is 0 Å². The number of aryl methyl sites for hydroxylation is 1. The lowest BCUT2D eigenvalue weighted by atomic mass is 9.94. The molecule has 0 atom stereocenters. The Labute approximate surface area is 120 Å². The number of fused-ring (bicyclic) bond motifs is 1. The van der Waals surface area contributed by atoms with E-state index >= 15 is 0 Å². The molecule has 1 aliphatic rings. The zero-order valence-corrected chi connectivity index (χ0v) is 12.2. The molecule has 1 heterocycles. The maximum Gasteiger partial charge on any atom is 0.198 e. The summed E-state index contributed by atoms with van der Waals surface area (Å²) in [6, 6.07) is 7.94. The SMILES string of the molecule is Cc1cccc2cc(C(=O)CC3CCCCCC3)oc12. The number of carbonyl (C=O) groups is 1. The van der Waals surface area contributed by atoms with Crippen molar-refractivity contribution in [2.24, 2.45) is 5.92 Å². The summed E-state index contributed by atoms with van der Waals surface area (Å²) in [5.41, 5.74) is 1.95. The maximum atomic E-state index is 12.4. The lowest BCUT2D eigenvalue weighted by Gasteiger charge is -2.11. The minimum Gasteiger partial charge on any atom is -0.453 e. The van der Waals surface area contributed by atoms with Crippen LogP contribution in [0.25, 0.3) is 11.0 Å². The van der Waals surface area contributed by atoms with Crippen molar-refractivity contribution in [3.63, 3.8) is 0 Å². The van der Waals surface area contributed by atoms with Crippen LogP contribution in [0.4, 0.5) is 0 Å². The summed E-state index contributed by atoms with van der Waals surface area (Å²) in [5, 5.41) is 1.04. The van der Waals surface area contributed by atoms with E-state index in [1.54, 1.807) is 0 Å². The highest BCUT2D eigenvalue weighted by Crippen LogP contribution is 2.28. The molecule has 0 radical (unpaired) electrons. The van der Waals surface area contributed by atoms with Gasteiger partial charge < -0.3 is 4.42 Å². The molecule has 0 saturated heterocycles. The summed E-state index contributed by atoms with van der Waals surface area (Å²) >= 11 is 0. The Kier molecular flexibility index (Phi) is 3.90. The Balaban J connectivity index is 1.76. The lowest BCUT2D eigenvalue weighted by Crippen LogP contribution is -2.07. The molecule has 0 amide bonds. The number of benzene rings is 1. The Morgan fingerprint density at radius 3 is 2.65 bits per heavy atom. The molecule has 0 bridgehead atoms. The van der Waals surface area contributed by atoms with Crippen LogP contribution in [0.3, 0.4) is 0 Å². The van der Waals surface area contributed by atoms with Crippen molar-refractivity contribution >= 4 is 16.8 Å². The van der Waals surface area contributed by atoms with Crippen LogP contribution in [-0.2, 0) is 0 Å². The molecular weight excluding hydrogens is 248 g/mol. The van der Waals surface area contributed by atoms with Gasteiger partial charge in [-0.15, -0.1) is 0 Å². The Morgan fingerprint density at radius 1 is 1.20 bits per heavy atom. The molecule has 3 rings (SSSR count). The van der Waals surface area contributed by atoms with E-state index in [1.165, 1.54) is 38.5 Å². The van der Waals surface area contributed by atoms with Crippen molar-refractivity contribution < 1.29 is 9.21 Å². The topological polar surface area (TPSA) is 30.2 Å². The van der Waals surface area contributed by atoms with Gasteiger partial charge in [0.2, 0.25) is 0 Å².